The second-order valence-electron chi connectivity index (χ2n) is 11.1. The van der Waals surface area contributed by atoms with Crippen LogP contribution < -0.4 is 19.7 Å². The molecule has 5 aliphatic rings. The molecule has 3 fully saturated rings. The van der Waals surface area contributed by atoms with Crippen LogP contribution in [0.3, 0.4) is 0 Å². The molecule has 2 aromatic carbocycles. The maximum Gasteiger partial charge on any atom is 0.407 e. The molecule has 2 amide bonds. The summed E-state index contributed by atoms with van der Waals surface area (Å²) in [5.41, 5.74) is 3.32. The van der Waals surface area contributed by atoms with E-state index in [1.54, 1.807) is 11.9 Å². The minimum absolute atomic E-state index is 0.0321. The third-order valence-corrected chi connectivity index (χ3v) is 8.20. The van der Waals surface area contributed by atoms with Crippen molar-refractivity contribution in [2.24, 2.45) is 11.3 Å². The van der Waals surface area contributed by atoms with E-state index >= 15 is 0 Å². The molecule has 7 rings (SSSR count). The molecule has 5 aliphatic heterocycles. The van der Waals surface area contributed by atoms with Gasteiger partial charge >= 0.3 is 6.09 Å². The number of anilines is 1. The highest BCUT2D eigenvalue weighted by Crippen LogP contribution is 2.45. The van der Waals surface area contributed by atoms with E-state index in [9.17, 15) is 9.59 Å². The van der Waals surface area contributed by atoms with Crippen molar-refractivity contribution in [2.75, 3.05) is 44.8 Å². The molecule has 5 heterocycles. The molecule has 8 nitrogen and oxygen atoms in total. The lowest BCUT2D eigenvalue weighted by atomic mass is 9.78. The van der Waals surface area contributed by atoms with Crippen molar-refractivity contribution in [3.8, 4) is 22.6 Å². The minimum atomic E-state index is -0.355. The summed E-state index contributed by atoms with van der Waals surface area (Å²) in [6.45, 7) is 7.78. The van der Waals surface area contributed by atoms with Crippen LogP contribution in [0.2, 0.25) is 0 Å². The van der Waals surface area contributed by atoms with Crippen molar-refractivity contribution < 1.29 is 23.8 Å². The number of ether oxygens (including phenoxy) is 3. The van der Waals surface area contributed by atoms with Gasteiger partial charge in [0.1, 0.15) is 17.6 Å². The van der Waals surface area contributed by atoms with Crippen molar-refractivity contribution >= 4 is 17.7 Å². The van der Waals surface area contributed by atoms with Crippen LogP contribution in [0.5, 0.6) is 11.5 Å². The summed E-state index contributed by atoms with van der Waals surface area (Å²) in [6, 6.07) is 11.7. The average molecular weight is 492 g/mol. The number of rotatable bonds is 3. The summed E-state index contributed by atoms with van der Waals surface area (Å²) in [7, 11) is 1.76. The van der Waals surface area contributed by atoms with E-state index in [1.165, 1.54) is 0 Å². The first kappa shape index (κ1) is 23.2. The van der Waals surface area contributed by atoms with Crippen LogP contribution >= 0.6 is 0 Å². The Kier molecular flexibility index (Phi) is 5.59. The number of likely N-dealkylation sites (N-methyl/N-ethyl adjacent to an activating group) is 1. The number of fused-ring (bicyclic) bond motifs is 5. The molecule has 0 aromatic heterocycles. The highest BCUT2D eigenvalue weighted by atomic mass is 16.6. The molecule has 1 unspecified atom stereocenters. The summed E-state index contributed by atoms with van der Waals surface area (Å²) in [5.74, 6) is 1.84. The number of nitrogens with zero attached hydrogens (tertiary/aromatic N) is 2. The van der Waals surface area contributed by atoms with Gasteiger partial charge in [0.25, 0.3) is 5.91 Å². The van der Waals surface area contributed by atoms with E-state index in [-0.39, 0.29) is 36.2 Å². The van der Waals surface area contributed by atoms with E-state index in [1.807, 2.05) is 36.4 Å². The molecule has 2 aromatic rings. The molecule has 0 saturated carbocycles. The van der Waals surface area contributed by atoms with Crippen molar-refractivity contribution in [1.29, 1.82) is 0 Å². The van der Waals surface area contributed by atoms with E-state index in [2.05, 4.69) is 24.1 Å². The van der Waals surface area contributed by atoms with E-state index < -0.39 is 0 Å². The molecule has 36 heavy (non-hydrogen) atoms. The van der Waals surface area contributed by atoms with Crippen molar-refractivity contribution in [2.45, 2.75) is 38.8 Å². The van der Waals surface area contributed by atoms with E-state index in [0.29, 0.717) is 18.3 Å². The standard InChI is InChI=1S/C28H33N3O5/c1-28(2)16-35-23-13-19(18-5-7-22-21(12-18)30(3)25(32)15-34-22)4-6-20(23)26(28)29-27(33)36-24-14-31-10-8-17(24)9-11-31/h4-7,12-13,17,24,26H,8-11,14-16H2,1-3H3,(H,29,33)/t24-,26?/m1/s1. The minimum Gasteiger partial charge on any atom is -0.493 e. The topological polar surface area (TPSA) is 80.3 Å². The Morgan fingerprint density at radius 2 is 1.81 bits per heavy atom. The summed E-state index contributed by atoms with van der Waals surface area (Å²) in [5, 5.41) is 3.16. The molecular formula is C28H33N3O5. The number of carbonyl (C=O) groups is 2. The summed E-state index contributed by atoms with van der Waals surface area (Å²) < 4.78 is 17.7. The lowest BCUT2D eigenvalue weighted by Crippen LogP contribution is -2.53. The summed E-state index contributed by atoms with van der Waals surface area (Å²) in [4.78, 5) is 29.1. The van der Waals surface area contributed by atoms with Gasteiger partial charge in [-0.3, -0.25) is 9.69 Å². The normalized spacial score (nSPS) is 27.9. The highest BCUT2D eigenvalue weighted by Gasteiger charge is 2.41. The quantitative estimate of drug-likeness (QED) is 0.700. The first-order valence-corrected chi connectivity index (χ1v) is 12.8. The Labute approximate surface area is 211 Å². The van der Waals surface area contributed by atoms with Gasteiger partial charge in [0.15, 0.2) is 6.61 Å². The predicted molar refractivity (Wildman–Crippen MR) is 135 cm³/mol. The fraction of sp³-hybridized carbons (Fsp3) is 0.500. The zero-order valence-corrected chi connectivity index (χ0v) is 21.1. The lowest BCUT2D eigenvalue weighted by Gasteiger charge is -2.44. The number of benzene rings is 2. The van der Waals surface area contributed by atoms with Crippen molar-refractivity contribution in [1.82, 2.24) is 10.2 Å². The second-order valence-corrected chi connectivity index (χ2v) is 11.1. The van der Waals surface area contributed by atoms with Crippen molar-refractivity contribution in [3.05, 3.63) is 42.0 Å². The second kappa shape index (κ2) is 8.69. The Hall–Kier alpha value is -3.26. The molecule has 0 aliphatic carbocycles. The van der Waals surface area contributed by atoms with Gasteiger partial charge in [-0.2, -0.15) is 0 Å². The molecule has 1 N–H and O–H groups in total. The first-order chi connectivity index (χ1) is 17.3. The predicted octanol–water partition coefficient (Wildman–Crippen LogP) is 3.99. The number of amides is 2. The fourth-order valence-electron chi connectivity index (χ4n) is 5.90. The summed E-state index contributed by atoms with van der Waals surface area (Å²) >= 11 is 0. The molecule has 0 radical (unpaired) electrons. The lowest BCUT2D eigenvalue weighted by molar-refractivity contribution is -0.120. The van der Waals surface area contributed by atoms with Gasteiger partial charge in [-0.05, 0) is 61.2 Å². The molecule has 2 atom stereocenters. The number of hydrogen-bond donors (Lipinski definition) is 1. The van der Waals surface area contributed by atoms with Crippen LogP contribution in [0.4, 0.5) is 10.5 Å². The van der Waals surface area contributed by atoms with E-state index in [0.717, 1.165) is 60.6 Å². The number of alkyl carbamates (subject to hydrolysis) is 1. The Bertz CT molecular complexity index is 1200. The Morgan fingerprint density at radius 1 is 1.06 bits per heavy atom. The highest BCUT2D eigenvalue weighted by molar-refractivity contribution is 5.98. The molecule has 2 bridgehead atoms. The Morgan fingerprint density at radius 3 is 2.56 bits per heavy atom. The van der Waals surface area contributed by atoms with Gasteiger partial charge in [0, 0.05) is 24.6 Å². The van der Waals surface area contributed by atoms with Crippen LogP contribution in [0.1, 0.15) is 38.3 Å². The van der Waals surface area contributed by atoms with E-state index in [4.69, 9.17) is 14.2 Å². The number of nitrogens with one attached hydrogen (secondary N) is 1. The number of piperidine rings is 3. The maximum atomic E-state index is 13.0. The number of carbonyl (C=O) groups excluding carboxylic acids is 2. The molecule has 3 saturated heterocycles. The fourth-order valence-corrected chi connectivity index (χ4v) is 5.90. The van der Waals surface area contributed by atoms with Gasteiger partial charge in [0.05, 0.1) is 18.3 Å². The van der Waals surface area contributed by atoms with Gasteiger partial charge in [-0.1, -0.05) is 32.0 Å². The Balaban J connectivity index is 1.23. The first-order valence-electron chi connectivity index (χ1n) is 12.8. The van der Waals surface area contributed by atoms with Crippen LogP contribution in [0, 0.1) is 11.3 Å². The smallest absolute Gasteiger partial charge is 0.407 e. The zero-order chi connectivity index (χ0) is 25.0. The molecular weight excluding hydrogens is 458 g/mol. The van der Waals surface area contributed by atoms with Crippen LogP contribution in [-0.4, -0.2) is 62.9 Å². The van der Waals surface area contributed by atoms with Crippen molar-refractivity contribution in [3.63, 3.8) is 0 Å². The van der Waals surface area contributed by atoms with Gasteiger partial charge in [-0.25, -0.2) is 4.79 Å². The average Bonchev–Trinajstić information content (AvgIpc) is 2.88. The van der Waals surface area contributed by atoms with Gasteiger partial charge < -0.3 is 24.4 Å². The van der Waals surface area contributed by atoms with Crippen LogP contribution in [-0.2, 0) is 9.53 Å². The molecule has 8 heteroatoms. The summed E-state index contributed by atoms with van der Waals surface area (Å²) in [6.07, 6.45) is 1.82. The van der Waals surface area contributed by atoms with Gasteiger partial charge in [0.2, 0.25) is 0 Å². The van der Waals surface area contributed by atoms with Crippen LogP contribution in [0.15, 0.2) is 36.4 Å². The SMILES string of the molecule is CN1C(=O)COc2ccc(-c3ccc4c(c3)OCC(C)(C)C4NC(=O)O[C@@H]3CN4CCC3CC4)cc21. The third kappa shape index (κ3) is 4.07. The molecule has 0 spiro atoms. The maximum absolute atomic E-state index is 13.0. The van der Waals surface area contributed by atoms with Crippen LogP contribution in [0.25, 0.3) is 11.1 Å². The zero-order valence-electron chi connectivity index (χ0n) is 21.1. The third-order valence-electron chi connectivity index (χ3n) is 8.20. The number of hydrogen-bond acceptors (Lipinski definition) is 6. The largest absolute Gasteiger partial charge is 0.493 e. The van der Waals surface area contributed by atoms with Gasteiger partial charge in [-0.15, -0.1) is 0 Å². The molecule has 190 valence electrons. The monoisotopic (exact) mass is 491 g/mol.